The molecule has 12 heavy (non-hydrogen) atoms. The fourth-order valence-electron chi connectivity index (χ4n) is 0.621. The molecule has 0 bridgehead atoms. The average Bonchev–Trinajstić information content (AvgIpc) is 2.10. The molecule has 0 fully saturated rings. The molecule has 0 aromatic carbocycles. The van der Waals surface area contributed by atoms with Gasteiger partial charge in [-0.05, 0) is 13.3 Å². The van der Waals surface area contributed by atoms with Crippen LogP contribution in [0, 0.1) is 0 Å². The Labute approximate surface area is 73.4 Å². The third kappa shape index (κ3) is 4.77. The summed E-state index contributed by atoms with van der Waals surface area (Å²) >= 11 is 0. The number of ether oxygens (including phenoxy) is 2. The van der Waals surface area contributed by atoms with Gasteiger partial charge in [0.1, 0.15) is 0 Å². The number of hydrogen-bond acceptors (Lipinski definition) is 3. The van der Waals surface area contributed by atoms with E-state index in [0.29, 0.717) is 12.2 Å². The van der Waals surface area contributed by atoms with Gasteiger partial charge in [-0.2, -0.15) is 0 Å². The summed E-state index contributed by atoms with van der Waals surface area (Å²) in [5, 5.41) is 0. The quantitative estimate of drug-likeness (QED) is 0.275. The zero-order valence-electron chi connectivity index (χ0n) is 7.92. The van der Waals surface area contributed by atoms with Gasteiger partial charge >= 0.3 is 5.97 Å². The minimum Gasteiger partial charge on any atom is -0.501 e. The van der Waals surface area contributed by atoms with Crippen LogP contribution in [0.2, 0.25) is 0 Å². The first-order valence-electron chi connectivity index (χ1n) is 4.09. The van der Waals surface area contributed by atoms with E-state index >= 15 is 0 Å². The smallest absolute Gasteiger partial charge is 0.336 e. The number of esters is 1. The second kappa shape index (κ2) is 6.70. The molecule has 0 aliphatic rings. The molecule has 0 saturated carbocycles. The van der Waals surface area contributed by atoms with Gasteiger partial charge in [-0.3, -0.25) is 0 Å². The molecule has 0 spiro atoms. The molecule has 0 radical (unpaired) electrons. The van der Waals surface area contributed by atoms with Gasteiger partial charge in [-0.15, -0.1) is 0 Å². The summed E-state index contributed by atoms with van der Waals surface area (Å²) in [6.45, 7) is 4.41. The number of unbranched alkanes of at least 4 members (excludes halogenated alkanes) is 1. The molecular weight excluding hydrogens is 156 g/mol. The average molecular weight is 172 g/mol. The largest absolute Gasteiger partial charge is 0.501 e. The highest BCUT2D eigenvalue weighted by Crippen LogP contribution is 1.97. The van der Waals surface area contributed by atoms with Crippen molar-refractivity contribution in [1.82, 2.24) is 0 Å². The number of carbonyl (C=O) groups excluding carboxylic acids is 1. The topological polar surface area (TPSA) is 35.5 Å². The molecule has 0 amide bonds. The molecular formula is C9H16O3. The molecule has 0 aliphatic carbocycles. The molecule has 3 heteroatoms. The Hall–Kier alpha value is -0.990. The predicted octanol–water partition coefficient (Wildman–Crippen LogP) is 1.88. The predicted molar refractivity (Wildman–Crippen MR) is 46.6 cm³/mol. The Balaban J connectivity index is 3.61. The zero-order chi connectivity index (χ0) is 9.40. The van der Waals surface area contributed by atoms with Gasteiger partial charge in [0.15, 0.2) is 0 Å². The zero-order valence-corrected chi connectivity index (χ0v) is 7.92. The molecule has 0 heterocycles. The maximum atomic E-state index is 10.8. The molecule has 0 aromatic heterocycles. The van der Waals surface area contributed by atoms with Crippen LogP contribution in [0.4, 0.5) is 0 Å². The highest BCUT2D eigenvalue weighted by atomic mass is 16.5. The second-order valence-corrected chi connectivity index (χ2v) is 2.52. The van der Waals surface area contributed by atoms with Crippen LogP contribution in [0.15, 0.2) is 11.8 Å². The molecule has 0 unspecified atom stereocenters. The van der Waals surface area contributed by atoms with Crippen LogP contribution in [0.5, 0.6) is 0 Å². The summed E-state index contributed by atoms with van der Waals surface area (Å²) in [6, 6.07) is 0. The first-order valence-corrected chi connectivity index (χ1v) is 4.09. The Morgan fingerprint density at radius 2 is 2.17 bits per heavy atom. The van der Waals surface area contributed by atoms with E-state index in [1.165, 1.54) is 13.4 Å². The lowest BCUT2D eigenvalue weighted by atomic mass is 10.3. The highest BCUT2D eigenvalue weighted by Gasteiger charge is 2.01. The maximum Gasteiger partial charge on any atom is 0.336 e. The van der Waals surface area contributed by atoms with Crippen molar-refractivity contribution in [3.8, 4) is 0 Å². The molecule has 0 rings (SSSR count). The van der Waals surface area contributed by atoms with E-state index in [4.69, 9.17) is 4.74 Å². The van der Waals surface area contributed by atoms with Gasteiger partial charge in [-0.25, -0.2) is 4.79 Å². The molecule has 70 valence electrons. The van der Waals surface area contributed by atoms with Gasteiger partial charge in [-0.1, -0.05) is 13.3 Å². The van der Waals surface area contributed by atoms with Crippen molar-refractivity contribution in [2.45, 2.75) is 26.7 Å². The Morgan fingerprint density at radius 1 is 1.50 bits per heavy atom. The van der Waals surface area contributed by atoms with Crippen LogP contribution in [0.25, 0.3) is 0 Å². The van der Waals surface area contributed by atoms with E-state index in [9.17, 15) is 4.79 Å². The fraction of sp³-hybridized carbons (Fsp3) is 0.667. The third-order valence-electron chi connectivity index (χ3n) is 1.38. The van der Waals surface area contributed by atoms with Crippen molar-refractivity contribution in [3.05, 3.63) is 11.8 Å². The van der Waals surface area contributed by atoms with Crippen molar-refractivity contribution in [2.75, 3.05) is 13.7 Å². The number of methoxy groups -OCH3 is 1. The first-order chi connectivity index (χ1) is 5.72. The third-order valence-corrected chi connectivity index (χ3v) is 1.38. The number of carbonyl (C=O) groups is 1. The van der Waals surface area contributed by atoms with Gasteiger partial charge in [0.25, 0.3) is 0 Å². The van der Waals surface area contributed by atoms with E-state index in [-0.39, 0.29) is 5.97 Å². The monoisotopic (exact) mass is 172 g/mol. The fourth-order valence-corrected chi connectivity index (χ4v) is 0.621. The Bertz CT molecular complexity index is 161. The molecule has 0 N–H and O–H groups in total. The second-order valence-electron chi connectivity index (χ2n) is 2.52. The minimum absolute atomic E-state index is 0.341. The number of rotatable bonds is 5. The normalized spacial score (nSPS) is 11.1. The SMILES string of the molecule is CCCCO/C=C(\C)C(=O)OC. The Morgan fingerprint density at radius 3 is 2.67 bits per heavy atom. The van der Waals surface area contributed by atoms with Gasteiger partial charge < -0.3 is 9.47 Å². The van der Waals surface area contributed by atoms with E-state index < -0.39 is 0 Å². The molecule has 0 aliphatic heterocycles. The summed E-state index contributed by atoms with van der Waals surface area (Å²) in [7, 11) is 1.35. The standard InChI is InChI=1S/C9H16O3/c1-4-5-6-12-7-8(2)9(10)11-3/h7H,4-6H2,1-3H3/b8-7+. The summed E-state index contributed by atoms with van der Waals surface area (Å²) < 4.78 is 9.58. The lowest BCUT2D eigenvalue weighted by Crippen LogP contribution is -2.02. The number of hydrogen-bond donors (Lipinski definition) is 0. The molecule has 0 aromatic rings. The molecule has 3 nitrogen and oxygen atoms in total. The van der Waals surface area contributed by atoms with E-state index in [2.05, 4.69) is 11.7 Å². The van der Waals surface area contributed by atoms with Crippen molar-refractivity contribution >= 4 is 5.97 Å². The minimum atomic E-state index is -0.341. The van der Waals surface area contributed by atoms with Gasteiger partial charge in [0.2, 0.25) is 0 Å². The van der Waals surface area contributed by atoms with Crippen LogP contribution < -0.4 is 0 Å². The van der Waals surface area contributed by atoms with E-state index in [0.717, 1.165) is 12.8 Å². The highest BCUT2D eigenvalue weighted by molar-refractivity contribution is 5.87. The van der Waals surface area contributed by atoms with Gasteiger partial charge in [0.05, 0.1) is 25.6 Å². The maximum absolute atomic E-state index is 10.8. The van der Waals surface area contributed by atoms with Gasteiger partial charge in [0, 0.05) is 0 Å². The lowest BCUT2D eigenvalue weighted by Gasteiger charge is -2.00. The van der Waals surface area contributed by atoms with Crippen LogP contribution in [0.3, 0.4) is 0 Å². The summed E-state index contributed by atoms with van der Waals surface area (Å²) in [5.74, 6) is -0.341. The van der Waals surface area contributed by atoms with Crippen LogP contribution in [-0.2, 0) is 14.3 Å². The van der Waals surface area contributed by atoms with Crippen LogP contribution >= 0.6 is 0 Å². The van der Waals surface area contributed by atoms with Crippen molar-refractivity contribution in [3.63, 3.8) is 0 Å². The van der Waals surface area contributed by atoms with Crippen molar-refractivity contribution in [1.29, 1.82) is 0 Å². The molecule has 0 saturated heterocycles. The first kappa shape index (κ1) is 11.0. The van der Waals surface area contributed by atoms with Crippen LogP contribution in [-0.4, -0.2) is 19.7 Å². The van der Waals surface area contributed by atoms with E-state index in [1.807, 2.05) is 0 Å². The van der Waals surface area contributed by atoms with Crippen molar-refractivity contribution < 1.29 is 14.3 Å². The van der Waals surface area contributed by atoms with Crippen molar-refractivity contribution in [2.24, 2.45) is 0 Å². The Kier molecular flexibility index (Phi) is 6.15. The van der Waals surface area contributed by atoms with E-state index in [1.54, 1.807) is 6.92 Å². The molecule has 0 atom stereocenters. The summed E-state index contributed by atoms with van der Waals surface area (Å²) in [5.41, 5.74) is 0.494. The lowest BCUT2D eigenvalue weighted by molar-refractivity contribution is -0.136. The summed E-state index contributed by atoms with van der Waals surface area (Å²) in [6.07, 6.45) is 3.54. The van der Waals surface area contributed by atoms with Crippen LogP contribution in [0.1, 0.15) is 26.7 Å². The summed E-state index contributed by atoms with van der Waals surface area (Å²) in [4.78, 5) is 10.8.